The topological polar surface area (TPSA) is 98.7 Å². The van der Waals surface area contributed by atoms with Crippen LogP contribution < -0.4 is 16.6 Å². The van der Waals surface area contributed by atoms with E-state index in [0.29, 0.717) is 18.1 Å². The Bertz CT molecular complexity index is 902. The number of anilines is 1. The van der Waals surface area contributed by atoms with Crippen molar-refractivity contribution in [2.75, 3.05) is 12.3 Å². The van der Waals surface area contributed by atoms with Crippen LogP contribution in [-0.4, -0.2) is 26.3 Å². The van der Waals surface area contributed by atoms with Crippen LogP contribution in [0, 0.1) is 0 Å². The van der Waals surface area contributed by atoms with E-state index in [-0.39, 0.29) is 18.0 Å². The largest absolute Gasteiger partial charge is 0.374 e. The predicted molar refractivity (Wildman–Crippen MR) is 94.6 cm³/mol. The van der Waals surface area contributed by atoms with Crippen molar-refractivity contribution < 1.29 is 0 Å². The second kappa shape index (κ2) is 6.52. The molecule has 1 aliphatic rings. The number of aromatic nitrogens is 4. The molecule has 0 fully saturated rings. The van der Waals surface area contributed by atoms with Crippen molar-refractivity contribution in [1.29, 1.82) is 0 Å². The molecule has 0 bridgehead atoms. The lowest BCUT2D eigenvalue weighted by Gasteiger charge is -2.12. The first-order valence-electron chi connectivity index (χ1n) is 7.00. The van der Waals surface area contributed by atoms with Gasteiger partial charge in [-0.1, -0.05) is 11.3 Å². The van der Waals surface area contributed by atoms with E-state index in [1.165, 1.54) is 21.8 Å². The minimum atomic E-state index is 0. The van der Waals surface area contributed by atoms with Gasteiger partial charge >= 0.3 is 0 Å². The monoisotopic (exact) mass is 370 g/mol. The van der Waals surface area contributed by atoms with Crippen molar-refractivity contribution in [2.24, 2.45) is 0 Å². The van der Waals surface area contributed by atoms with E-state index in [0.717, 1.165) is 34.7 Å². The highest BCUT2D eigenvalue weighted by molar-refractivity contribution is 7.18. The van der Waals surface area contributed by atoms with Gasteiger partial charge in [0, 0.05) is 24.4 Å². The van der Waals surface area contributed by atoms with Gasteiger partial charge in [-0.15, -0.1) is 33.9 Å². The maximum absolute atomic E-state index is 12.7. The summed E-state index contributed by atoms with van der Waals surface area (Å²) in [6.45, 7) is 2.29. The normalized spacial score (nSPS) is 13.7. The molecule has 23 heavy (non-hydrogen) atoms. The molecule has 122 valence electrons. The lowest BCUT2D eigenvalue weighted by molar-refractivity contribution is 0.648. The molecule has 4 heterocycles. The highest BCUT2D eigenvalue weighted by Crippen LogP contribution is 2.29. The molecule has 0 aromatic carbocycles. The van der Waals surface area contributed by atoms with Gasteiger partial charge in [-0.05, 0) is 18.5 Å². The molecule has 0 amide bonds. The van der Waals surface area contributed by atoms with E-state index in [1.807, 2.05) is 0 Å². The molecule has 4 rings (SSSR count). The Morgan fingerprint density at radius 2 is 2.22 bits per heavy atom. The van der Waals surface area contributed by atoms with Gasteiger partial charge in [-0.3, -0.25) is 9.36 Å². The second-order valence-corrected chi connectivity index (χ2v) is 7.32. The first kappa shape index (κ1) is 16.3. The van der Waals surface area contributed by atoms with E-state index < -0.39 is 0 Å². The van der Waals surface area contributed by atoms with E-state index in [9.17, 15) is 4.79 Å². The first-order valence-corrected chi connectivity index (χ1v) is 8.64. The molecule has 0 saturated carbocycles. The minimum Gasteiger partial charge on any atom is -0.374 e. The number of nitrogens with one attached hydrogen (secondary N) is 1. The van der Waals surface area contributed by atoms with E-state index in [4.69, 9.17) is 5.73 Å². The number of nitrogens with two attached hydrogens (primary N) is 1. The minimum absolute atomic E-state index is 0. The number of nitrogens with zero attached hydrogens (tertiary/aromatic N) is 4. The van der Waals surface area contributed by atoms with Crippen molar-refractivity contribution in [3.63, 3.8) is 0 Å². The van der Waals surface area contributed by atoms with E-state index in [1.54, 1.807) is 22.2 Å². The summed E-state index contributed by atoms with van der Waals surface area (Å²) in [4.78, 5) is 19.3. The van der Waals surface area contributed by atoms with Gasteiger partial charge in [0.2, 0.25) is 5.13 Å². The Balaban J connectivity index is 0.00000156. The van der Waals surface area contributed by atoms with Crippen molar-refractivity contribution in [3.8, 4) is 0 Å². The highest BCUT2D eigenvalue weighted by Gasteiger charge is 2.19. The van der Waals surface area contributed by atoms with Crippen LogP contribution in [0.1, 0.15) is 15.4 Å². The third kappa shape index (κ3) is 2.97. The second-order valence-electron chi connectivity index (χ2n) is 5.14. The zero-order chi connectivity index (χ0) is 15.1. The molecule has 0 radical (unpaired) electrons. The lowest BCUT2D eigenvalue weighted by atomic mass is 10.1. The number of hydrogen-bond acceptors (Lipinski definition) is 8. The Morgan fingerprint density at radius 3 is 3.00 bits per heavy atom. The summed E-state index contributed by atoms with van der Waals surface area (Å²) in [7, 11) is 0. The zero-order valence-corrected chi connectivity index (χ0v) is 14.6. The third-order valence-electron chi connectivity index (χ3n) is 3.75. The van der Waals surface area contributed by atoms with Crippen molar-refractivity contribution in [2.45, 2.75) is 25.9 Å². The van der Waals surface area contributed by atoms with Crippen molar-refractivity contribution >= 4 is 50.4 Å². The fourth-order valence-corrected chi connectivity index (χ4v) is 4.44. The molecular formula is C13H15ClN6OS2. The standard InChI is InChI=1S/C13H14N6OS2.ClH/c14-13-18-17-9(22-13)2-4-19-6-16-11-10(12(19)20)7-1-3-15-5-8(7)21-11;/h6,15H,1-5H2,(H2,14,18);1H. The molecule has 3 N–H and O–H groups in total. The number of rotatable bonds is 3. The van der Waals surface area contributed by atoms with Crippen LogP contribution in [0.5, 0.6) is 0 Å². The maximum Gasteiger partial charge on any atom is 0.262 e. The highest BCUT2D eigenvalue weighted by atomic mass is 35.5. The van der Waals surface area contributed by atoms with E-state index in [2.05, 4.69) is 20.5 Å². The van der Waals surface area contributed by atoms with Crippen LogP contribution in [0.15, 0.2) is 11.1 Å². The third-order valence-corrected chi connectivity index (χ3v) is 5.70. The van der Waals surface area contributed by atoms with Crippen molar-refractivity contribution in [3.05, 3.63) is 32.1 Å². The van der Waals surface area contributed by atoms with E-state index >= 15 is 0 Å². The van der Waals surface area contributed by atoms with Gasteiger partial charge in [0.1, 0.15) is 9.84 Å². The van der Waals surface area contributed by atoms with Gasteiger partial charge in [-0.25, -0.2) is 4.98 Å². The summed E-state index contributed by atoms with van der Waals surface area (Å²) >= 11 is 2.97. The number of nitrogen functional groups attached to an aromatic ring is 1. The van der Waals surface area contributed by atoms with Gasteiger partial charge in [0.15, 0.2) is 0 Å². The quantitative estimate of drug-likeness (QED) is 0.718. The zero-order valence-electron chi connectivity index (χ0n) is 12.1. The number of halogens is 1. The van der Waals surface area contributed by atoms with Gasteiger partial charge in [-0.2, -0.15) is 0 Å². The smallest absolute Gasteiger partial charge is 0.262 e. The summed E-state index contributed by atoms with van der Waals surface area (Å²) in [5.41, 5.74) is 6.79. The van der Waals surface area contributed by atoms with Gasteiger partial charge < -0.3 is 11.1 Å². The maximum atomic E-state index is 12.7. The fraction of sp³-hybridized carbons (Fsp3) is 0.385. The molecule has 1 aliphatic heterocycles. The molecular weight excluding hydrogens is 356 g/mol. The first-order chi connectivity index (χ1) is 10.7. The molecule has 7 nitrogen and oxygen atoms in total. The van der Waals surface area contributed by atoms with Crippen LogP contribution in [-0.2, 0) is 25.9 Å². The summed E-state index contributed by atoms with van der Waals surface area (Å²) in [6, 6.07) is 0. The molecule has 0 saturated heterocycles. The average molecular weight is 371 g/mol. The summed E-state index contributed by atoms with van der Waals surface area (Å²) < 4.78 is 1.66. The summed E-state index contributed by atoms with van der Waals surface area (Å²) in [6.07, 6.45) is 3.16. The molecule has 10 heteroatoms. The van der Waals surface area contributed by atoms with Crippen molar-refractivity contribution in [1.82, 2.24) is 25.1 Å². The molecule has 3 aromatic heterocycles. The Hall–Kier alpha value is -1.55. The summed E-state index contributed by atoms with van der Waals surface area (Å²) in [5, 5.41) is 13.2. The molecule has 0 atom stereocenters. The molecule has 0 unspecified atom stereocenters. The van der Waals surface area contributed by atoms with Crippen LogP contribution in [0.3, 0.4) is 0 Å². The van der Waals surface area contributed by atoms with Gasteiger partial charge in [0.25, 0.3) is 5.56 Å². The van der Waals surface area contributed by atoms with Crippen LogP contribution >= 0.6 is 35.1 Å². The summed E-state index contributed by atoms with van der Waals surface area (Å²) in [5.74, 6) is 0. The Kier molecular flexibility index (Phi) is 4.62. The number of hydrogen-bond donors (Lipinski definition) is 2. The SMILES string of the molecule is Cl.Nc1nnc(CCn2cnc3sc4c(c3c2=O)CCNC4)s1. The predicted octanol–water partition coefficient (Wildman–Crippen LogP) is 1.20. The fourth-order valence-electron chi connectivity index (χ4n) is 2.69. The molecule has 0 spiro atoms. The number of thiophene rings is 1. The van der Waals surface area contributed by atoms with Gasteiger partial charge in [0.05, 0.1) is 11.7 Å². The number of fused-ring (bicyclic) bond motifs is 3. The number of aryl methyl sites for hydroxylation is 2. The van der Waals surface area contributed by atoms with Crippen LogP contribution in [0.25, 0.3) is 10.2 Å². The van der Waals surface area contributed by atoms with Crippen LogP contribution in [0.4, 0.5) is 5.13 Å². The average Bonchev–Trinajstić information content (AvgIpc) is 3.10. The Morgan fingerprint density at radius 1 is 1.35 bits per heavy atom. The lowest BCUT2D eigenvalue weighted by Crippen LogP contribution is -2.25. The van der Waals surface area contributed by atoms with Crippen LogP contribution in [0.2, 0.25) is 0 Å². The molecule has 3 aromatic rings. The Labute approximate surface area is 146 Å². The molecule has 0 aliphatic carbocycles.